The molecule has 6 rings (SSSR count). The average molecular weight is 549 g/mol. The maximum absolute atomic E-state index is 14.3. The van der Waals surface area contributed by atoms with Crippen LogP contribution in [0.25, 0.3) is 0 Å². The van der Waals surface area contributed by atoms with Crippen molar-refractivity contribution in [2.45, 2.75) is 49.4 Å². The van der Waals surface area contributed by atoms with Gasteiger partial charge in [-0.15, -0.1) is 0 Å². The lowest BCUT2D eigenvalue weighted by Crippen LogP contribution is -2.55. The highest BCUT2D eigenvalue weighted by Crippen LogP contribution is 2.33. The molecule has 200 valence electrons. The predicted molar refractivity (Wildman–Crippen MR) is 133 cm³/mol. The van der Waals surface area contributed by atoms with Crippen molar-refractivity contribution in [2.24, 2.45) is 0 Å². The highest BCUT2D eigenvalue weighted by atomic mass is 35.5. The van der Waals surface area contributed by atoms with Gasteiger partial charge in [0.15, 0.2) is 0 Å². The zero-order valence-corrected chi connectivity index (χ0v) is 21.4. The van der Waals surface area contributed by atoms with Crippen LogP contribution in [-0.2, 0) is 9.47 Å². The Morgan fingerprint density at radius 3 is 1.39 bits per heavy atom. The highest BCUT2D eigenvalue weighted by molar-refractivity contribution is 6.32. The Morgan fingerprint density at radius 2 is 1.14 bits per heavy atom. The molecule has 4 saturated heterocycles. The SMILES string of the molecule is Nc1cnn([C@@H]2CCN(C3COC3)C[C@H]2F)c1Cl.Nc1cnn([C@H]2CCN(C3COC3)C[C@@H]2F)c1Cl. The standard InChI is InChI=1S/2C11H16ClFN4O/c2*12-11-9(14)3-15-17(11)10-1-2-16(4-8(10)13)7-5-18-6-7/h2*3,7-8,10H,1-2,4-6,14H2/t2*8-,10-/m10/s1. The molecule has 10 nitrogen and oxygen atoms in total. The summed E-state index contributed by atoms with van der Waals surface area (Å²) in [5, 5.41) is 8.81. The number of aromatic nitrogens is 4. The molecule has 0 saturated carbocycles. The second-order valence-electron chi connectivity index (χ2n) is 9.79. The summed E-state index contributed by atoms with van der Waals surface area (Å²) in [7, 11) is 0. The molecular weight excluding hydrogens is 517 g/mol. The van der Waals surface area contributed by atoms with Crippen LogP contribution in [0.1, 0.15) is 24.9 Å². The van der Waals surface area contributed by atoms with Gasteiger partial charge >= 0.3 is 0 Å². The van der Waals surface area contributed by atoms with E-state index in [1.807, 2.05) is 0 Å². The fourth-order valence-electron chi connectivity index (χ4n) is 5.10. The maximum Gasteiger partial charge on any atom is 0.150 e. The Bertz CT molecular complexity index is 954. The number of halogens is 4. The van der Waals surface area contributed by atoms with E-state index in [2.05, 4.69) is 20.0 Å². The van der Waals surface area contributed by atoms with Gasteiger partial charge in [-0.05, 0) is 12.8 Å². The molecule has 4 aliphatic rings. The van der Waals surface area contributed by atoms with Gasteiger partial charge in [0.1, 0.15) is 22.6 Å². The first-order valence-corrected chi connectivity index (χ1v) is 13.0. The Balaban J connectivity index is 0.000000148. The molecule has 2 aromatic rings. The van der Waals surface area contributed by atoms with Crippen LogP contribution >= 0.6 is 23.2 Å². The van der Waals surface area contributed by atoms with E-state index in [1.54, 1.807) is 0 Å². The van der Waals surface area contributed by atoms with Crippen LogP contribution in [0.3, 0.4) is 0 Å². The molecule has 14 heteroatoms. The Kier molecular flexibility index (Phi) is 7.89. The molecule has 4 aliphatic heterocycles. The number of nitrogens with zero attached hydrogens (tertiary/aromatic N) is 6. The largest absolute Gasteiger partial charge is 0.395 e. The Labute approximate surface area is 218 Å². The number of rotatable bonds is 4. The summed E-state index contributed by atoms with van der Waals surface area (Å²) in [6.07, 6.45) is 2.38. The topological polar surface area (TPSA) is 113 Å². The molecule has 36 heavy (non-hydrogen) atoms. The van der Waals surface area contributed by atoms with Gasteiger partial charge in [-0.25, -0.2) is 18.1 Å². The third-order valence-corrected chi connectivity index (χ3v) is 8.28. The van der Waals surface area contributed by atoms with Crippen molar-refractivity contribution in [1.29, 1.82) is 0 Å². The molecular formula is C22H32Cl2F2N8O2. The van der Waals surface area contributed by atoms with Crippen molar-refractivity contribution in [2.75, 3.05) is 64.1 Å². The minimum absolute atomic E-state index is 0.313. The molecule has 0 unspecified atom stereocenters. The minimum atomic E-state index is -0.976. The van der Waals surface area contributed by atoms with E-state index in [0.717, 1.165) is 13.1 Å². The van der Waals surface area contributed by atoms with E-state index in [4.69, 9.17) is 44.1 Å². The molecule has 0 bridgehead atoms. The first kappa shape index (κ1) is 25.9. The fraction of sp³-hybridized carbons (Fsp3) is 0.727. The molecule has 4 atom stereocenters. The number of anilines is 2. The van der Waals surface area contributed by atoms with E-state index in [9.17, 15) is 8.78 Å². The maximum atomic E-state index is 14.3. The van der Waals surface area contributed by atoms with Crippen molar-refractivity contribution in [1.82, 2.24) is 29.4 Å². The number of alkyl halides is 2. The zero-order chi connectivity index (χ0) is 25.4. The van der Waals surface area contributed by atoms with Gasteiger partial charge in [-0.3, -0.25) is 9.80 Å². The van der Waals surface area contributed by atoms with E-state index >= 15 is 0 Å². The fourth-order valence-corrected chi connectivity index (χ4v) is 5.53. The zero-order valence-electron chi connectivity index (χ0n) is 19.9. The molecule has 0 aliphatic carbocycles. The van der Waals surface area contributed by atoms with Crippen molar-refractivity contribution >= 4 is 34.6 Å². The number of likely N-dealkylation sites (tertiary alicyclic amines) is 2. The van der Waals surface area contributed by atoms with Crippen LogP contribution in [0.2, 0.25) is 10.3 Å². The van der Waals surface area contributed by atoms with Gasteiger partial charge in [0.2, 0.25) is 0 Å². The molecule has 4 fully saturated rings. The van der Waals surface area contributed by atoms with Crippen LogP contribution in [0.15, 0.2) is 12.4 Å². The monoisotopic (exact) mass is 548 g/mol. The van der Waals surface area contributed by atoms with Crippen LogP contribution < -0.4 is 11.5 Å². The van der Waals surface area contributed by atoms with Gasteiger partial charge in [0.25, 0.3) is 0 Å². The molecule has 0 amide bonds. The third-order valence-electron chi connectivity index (χ3n) is 7.50. The summed E-state index contributed by atoms with van der Waals surface area (Å²) >= 11 is 12.0. The van der Waals surface area contributed by atoms with Gasteiger partial charge in [-0.2, -0.15) is 10.2 Å². The summed E-state index contributed by atoms with van der Waals surface area (Å²) in [5.41, 5.74) is 12.1. The molecule has 0 radical (unpaired) electrons. The van der Waals surface area contributed by atoms with E-state index < -0.39 is 12.3 Å². The van der Waals surface area contributed by atoms with Crippen molar-refractivity contribution in [3.63, 3.8) is 0 Å². The second kappa shape index (κ2) is 11.0. The number of nitrogen functional groups attached to an aromatic ring is 2. The van der Waals surface area contributed by atoms with Crippen LogP contribution in [0.4, 0.5) is 20.2 Å². The van der Waals surface area contributed by atoms with Crippen LogP contribution in [0.5, 0.6) is 0 Å². The molecule has 4 N–H and O–H groups in total. The van der Waals surface area contributed by atoms with Gasteiger partial charge in [0, 0.05) is 26.2 Å². The highest BCUT2D eigenvalue weighted by Gasteiger charge is 2.38. The van der Waals surface area contributed by atoms with Gasteiger partial charge in [-0.1, -0.05) is 23.2 Å². The first-order valence-electron chi connectivity index (χ1n) is 12.2. The summed E-state index contributed by atoms with van der Waals surface area (Å²) in [5.74, 6) is 0. The second-order valence-corrected chi connectivity index (χ2v) is 10.5. The number of hydrogen-bond acceptors (Lipinski definition) is 8. The van der Waals surface area contributed by atoms with E-state index in [-0.39, 0.29) is 12.1 Å². The summed E-state index contributed by atoms with van der Waals surface area (Å²) in [6, 6.07) is 0.129. The number of ether oxygens (including phenoxy) is 2. The predicted octanol–water partition coefficient (Wildman–Crippen LogP) is 2.20. The van der Waals surface area contributed by atoms with Crippen LogP contribution in [-0.4, -0.2) is 106 Å². The molecule has 0 aromatic carbocycles. The van der Waals surface area contributed by atoms with Crippen LogP contribution in [0, 0.1) is 0 Å². The Morgan fingerprint density at radius 1 is 0.750 bits per heavy atom. The van der Waals surface area contributed by atoms with E-state index in [1.165, 1.54) is 21.8 Å². The Hall–Kier alpha value is -1.70. The van der Waals surface area contributed by atoms with Crippen molar-refractivity contribution < 1.29 is 18.3 Å². The molecule has 0 spiro atoms. The lowest BCUT2D eigenvalue weighted by Gasteiger charge is -2.42. The quantitative estimate of drug-likeness (QED) is 0.597. The molecule has 6 heterocycles. The number of hydrogen-bond donors (Lipinski definition) is 2. The lowest BCUT2D eigenvalue weighted by molar-refractivity contribution is -0.0847. The normalized spacial score (nSPS) is 30.3. The van der Waals surface area contributed by atoms with Gasteiger partial charge < -0.3 is 20.9 Å². The number of piperidine rings is 2. The number of nitrogens with two attached hydrogens (primary N) is 2. The van der Waals surface area contributed by atoms with Crippen molar-refractivity contribution in [3.05, 3.63) is 22.7 Å². The van der Waals surface area contributed by atoms with Gasteiger partial charge in [0.05, 0.1) is 74.4 Å². The minimum Gasteiger partial charge on any atom is -0.395 e. The van der Waals surface area contributed by atoms with E-state index in [0.29, 0.717) is 86.1 Å². The van der Waals surface area contributed by atoms with Crippen molar-refractivity contribution in [3.8, 4) is 0 Å². The average Bonchev–Trinajstić information content (AvgIpc) is 3.28. The first-order chi connectivity index (χ1) is 17.3. The summed E-state index contributed by atoms with van der Waals surface area (Å²) in [6.45, 7) is 5.37. The lowest BCUT2D eigenvalue weighted by atomic mass is 10.0. The smallest absolute Gasteiger partial charge is 0.150 e. The summed E-state index contributed by atoms with van der Waals surface area (Å²) in [4.78, 5) is 4.29. The summed E-state index contributed by atoms with van der Waals surface area (Å²) < 4.78 is 41.8. The molecule has 2 aromatic heterocycles. The third kappa shape index (κ3) is 5.16.